The smallest absolute Gasteiger partial charge is 0.218 e. The number of nitrogens with one attached hydrogen (secondary N) is 1. The molecule has 0 aliphatic rings. The van der Waals surface area contributed by atoms with Gasteiger partial charge in [-0.05, 0) is 39.3 Å². The molecule has 112 valence electrons. The second kappa shape index (κ2) is 7.23. The Morgan fingerprint density at radius 2 is 1.81 bits per heavy atom. The van der Waals surface area contributed by atoms with Crippen LogP contribution in [-0.4, -0.2) is 11.1 Å². The monoisotopic (exact) mass is 284 g/mol. The van der Waals surface area contributed by atoms with Gasteiger partial charge in [-0.25, -0.2) is 4.98 Å². The first-order valence-corrected chi connectivity index (χ1v) is 7.43. The second-order valence-electron chi connectivity index (χ2n) is 5.73. The maximum Gasteiger partial charge on any atom is 0.218 e. The average Bonchev–Trinajstić information content (AvgIpc) is 2.39. The molecular weight excluding hydrogens is 260 g/mol. The molecule has 0 spiro atoms. The van der Waals surface area contributed by atoms with Crippen molar-refractivity contribution < 1.29 is 4.74 Å². The van der Waals surface area contributed by atoms with Gasteiger partial charge in [-0.15, -0.1) is 0 Å². The number of aromatic nitrogens is 1. The minimum atomic E-state index is 0.137. The van der Waals surface area contributed by atoms with Gasteiger partial charge < -0.3 is 10.1 Å². The number of nitrogens with zero attached hydrogens (tertiary/aromatic N) is 1. The van der Waals surface area contributed by atoms with Crippen LogP contribution in [0.25, 0.3) is 0 Å². The molecule has 1 N–H and O–H groups in total. The van der Waals surface area contributed by atoms with Crippen molar-refractivity contribution in [3.8, 4) is 5.88 Å². The summed E-state index contributed by atoms with van der Waals surface area (Å²) in [6.07, 6.45) is 1.91. The highest BCUT2D eigenvalue weighted by Crippen LogP contribution is 2.16. The molecule has 0 saturated heterocycles. The summed E-state index contributed by atoms with van der Waals surface area (Å²) < 4.78 is 5.74. The predicted octanol–water partition coefficient (Wildman–Crippen LogP) is 3.78. The second-order valence-corrected chi connectivity index (χ2v) is 5.73. The molecule has 2 aromatic rings. The third-order valence-electron chi connectivity index (χ3n) is 3.12. The van der Waals surface area contributed by atoms with Gasteiger partial charge in [0.05, 0.1) is 6.10 Å². The molecule has 0 fully saturated rings. The van der Waals surface area contributed by atoms with E-state index in [-0.39, 0.29) is 6.10 Å². The van der Waals surface area contributed by atoms with Crippen molar-refractivity contribution in [3.05, 3.63) is 58.8 Å². The van der Waals surface area contributed by atoms with E-state index in [2.05, 4.69) is 48.4 Å². The number of hydrogen-bond acceptors (Lipinski definition) is 3. The first kappa shape index (κ1) is 15.5. The number of aryl methyl sites for hydroxylation is 2. The number of rotatable bonds is 6. The Morgan fingerprint density at radius 1 is 1.10 bits per heavy atom. The Hall–Kier alpha value is -1.87. The van der Waals surface area contributed by atoms with E-state index in [1.54, 1.807) is 6.20 Å². The van der Waals surface area contributed by atoms with Gasteiger partial charge in [-0.3, -0.25) is 0 Å². The minimum Gasteiger partial charge on any atom is -0.475 e. The normalized spacial score (nSPS) is 10.9. The highest BCUT2D eigenvalue weighted by molar-refractivity contribution is 5.29. The van der Waals surface area contributed by atoms with Gasteiger partial charge in [0.25, 0.3) is 0 Å². The summed E-state index contributed by atoms with van der Waals surface area (Å²) in [6, 6.07) is 10.6. The molecule has 1 heterocycles. The molecule has 0 unspecified atom stereocenters. The van der Waals surface area contributed by atoms with Gasteiger partial charge in [0, 0.05) is 24.8 Å². The highest BCUT2D eigenvalue weighted by atomic mass is 16.5. The number of benzene rings is 1. The first-order chi connectivity index (χ1) is 10.0. The number of ether oxygens (including phenoxy) is 1. The van der Waals surface area contributed by atoms with E-state index in [4.69, 9.17) is 4.74 Å². The summed E-state index contributed by atoms with van der Waals surface area (Å²) in [7, 11) is 0. The average molecular weight is 284 g/mol. The lowest BCUT2D eigenvalue weighted by molar-refractivity contribution is 0.229. The van der Waals surface area contributed by atoms with Crippen molar-refractivity contribution in [3.63, 3.8) is 0 Å². The minimum absolute atomic E-state index is 0.137. The lowest BCUT2D eigenvalue weighted by Crippen LogP contribution is -2.16. The van der Waals surface area contributed by atoms with Crippen molar-refractivity contribution in [2.45, 2.75) is 46.9 Å². The van der Waals surface area contributed by atoms with E-state index in [9.17, 15) is 0 Å². The summed E-state index contributed by atoms with van der Waals surface area (Å²) in [5.74, 6) is 0.723. The Labute approximate surface area is 127 Å². The maximum absolute atomic E-state index is 5.74. The zero-order valence-electron chi connectivity index (χ0n) is 13.3. The van der Waals surface area contributed by atoms with Gasteiger partial charge in [0.2, 0.25) is 5.88 Å². The molecule has 0 bridgehead atoms. The predicted molar refractivity (Wildman–Crippen MR) is 86.5 cm³/mol. The Morgan fingerprint density at radius 3 is 2.48 bits per heavy atom. The molecule has 2 rings (SSSR count). The van der Waals surface area contributed by atoms with E-state index in [0.29, 0.717) is 0 Å². The van der Waals surface area contributed by atoms with Crippen LogP contribution in [0.15, 0.2) is 36.5 Å². The summed E-state index contributed by atoms with van der Waals surface area (Å²) in [4.78, 5) is 4.31. The molecule has 0 amide bonds. The van der Waals surface area contributed by atoms with Crippen molar-refractivity contribution in [2.24, 2.45) is 0 Å². The number of pyridine rings is 1. The van der Waals surface area contributed by atoms with Gasteiger partial charge in [0.1, 0.15) is 0 Å². The van der Waals surface area contributed by atoms with Gasteiger partial charge in [-0.1, -0.05) is 35.4 Å². The Kier molecular flexibility index (Phi) is 5.34. The zero-order valence-corrected chi connectivity index (χ0v) is 13.3. The van der Waals surface area contributed by atoms with Crippen LogP contribution in [0.3, 0.4) is 0 Å². The zero-order chi connectivity index (χ0) is 15.2. The van der Waals surface area contributed by atoms with Crippen LogP contribution in [0.5, 0.6) is 5.88 Å². The molecule has 3 heteroatoms. The summed E-state index contributed by atoms with van der Waals surface area (Å²) in [6.45, 7) is 9.89. The van der Waals surface area contributed by atoms with Crippen molar-refractivity contribution >= 4 is 0 Å². The van der Waals surface area contributed by atoms with Crippen molar-refractivity contribution in [1.82, 2.24) is 10.3 Å². The molecule has 0 saturated carbocycles. The molecule has 21 heavy (non-hydrogen) atoms. The van der Waals surface area contributed by atoms with Crippen molar-refractivity contribution in [1.29, 1.82) is 0 Å². The fourth-order valence-electron chi connectivity index (χ4n) is 2.40. The Balaban J connectivity index is 1.97. The van der Waals surface area contributed by atoms with Gasteiger partial charge >= 0.3 is 0 Å². The maximum atomic E-state index is 5.74. The molecular formula is C18H24N2O. The van der Waals surface area contributed by atoms with E-state index >= 15 is 0 Å². The molecule has 3 nitrogen and oxygen atoms in total. The SMILES string of the molecule is Cc1cc(C)cc(CNCc2cccnc2OC(C)C)c1. The molecule has 0 aliphatic carbocycles. The standard InChI is InChI=1S/C18H24N2O/c1-13(2)21-18-17(6-5-7-20-18)12-19-11-16-9-14(3)8-15(4)10-16/h5-10,13,19H,11-12H2,1-4H3. The summed E-state index contributed by atoms with van der Waals surface area (Å²) >= 11 is 0. The topological polar surface area (TPSA) is 34.2 Å². The molecule has 1 aromatic heterocycles. The quantitative estimate of drug-likeness (QED) is 0.876. The Bertz CT molecular complexity index is 573. The van der Waals surface area contributed by atoms with Crippen LogP contribution >= 0.6 is 0 Å². The fourth-order valence-corrected chi connectivity index (χ4v) is 2.40. The molecule has 1 aromatic carbocycles. The summed E-state index contributed by atoms with van der Waals surface area (Å²) in [5, 5.41) is 3.47. The largest absolute Gasteiger partial charge is 0.475 e. The fraction of sp³-hybridized carbons (Fsp3) is 0.389. The lowest BCUT2D eigenvalue weighted by atomic mass is 10.1. The molecule has 0 atom stereocenters. The van der Waals surface area contributed by atoms with Crippen LogP contribution in [-0.2, 0) is 13.1 Å². The summed E-state index contributed by atoms with van der Waals surface area (Å²) in [5.41, 5.74) is 5.01. The van der Waals surface area contributed by atoms with Crippen molar-refractivity contribution in [2.75, 3.05) is 0 Å². The first-order valence-electron chi connectivity index (χ1n) is 7.43. The van der Waals surface area contributed by atoms with Gasteiger partial charge in [-0.2, -0.15) is 0 Å². The lowest BCUT2D eigenvalue weighted by Gasteiger charge is -2.13. The van der Waals surface area contributed by atoms with E-state index < -0.39 is 0 Å². The number of hydrogen-bond donors (Lipinski definition) is 1. The van der Waals surface area contributed by atoms with E-state index in [0.717, 1.165) is 24.5 Å². The third kappa shape index (κ3) is 4.87. The van der Waals surface area contributed by atoms with Crippen LogP contribution in [0.4, 0.5) is 0 Å². The van der Waals surface area contributed by atoms with Crippen LogP contribution in [0, 0.1) is 13.8 Å². The molecule has 0 radical (unpaired) electrons. The van der Waals surface area contributed by atoms with Crippen LogP contribution in [0.1, 0.15) is 36.1 Å². The van der Waals surface area contributed by atoms with E-state index in [1.165, 1.54) is 16.7 Å². The van der Waals surface area contributed by atoms with Crippen LogP contribution in [0.2, 0.25) is 0 Å². The third-order valence-corrected chi connectivity index (χ3v) is 3.12. The van der Waals surface area contributed by atoms with Crippen LogP contribution < -0.4 is 10.1 Å². The van der Waals surface area contributed by atoms with Gasteiger partial charge in [0.15, 0.2) is 0 Å². The molecule has 0 aliphatic heterocycles. The highest BCUT2D eigenvalue weighted by Gasteiger charge is 2.06. The van der Waals surface area contributed by atoms with E-state index in [1.807, 2.05) is 19.9 Å².